The minimum atomic E-state index is 0.840. The van der Waals surface area contributed by atoms with Gasteiger partial charge < -0.3 is 10.6 Å². The van der Waals surface area contributed by atoms with E-state index in [4.69, 9.17) is 5.73 Å². The number of pyridine rings is 1. The molecule has 0 aromatic carbocycles. The summed E-state index contributed by atoms with van der Waals surface area (Å²) in [6.07, 6.45) is 3.11. The molecule has 1 aromatic heterocycles. The van der Waals surface area contributed by atoms with Gasteiger partial charge in [-0.15, -0.1) is 0 Å². The van der Waals surface area contributed by atoms with Crippen molar-refractivity contribution < 1.29 is 0 Å². The second-order valence-electron chi connectivity index (χ2n) is 3.24. The summed E-state index contributed by atoms with van der Waals surface area (Å²) in [5.41, 5.74) is 7.67. The first-order chi connectivity index (χ1) is 5.77. The van der Waals surface area contributed by atoms with E-state index in [1.807, 2.05) is 19.2 Å². The highest BCUT2D eigenvalue weighted by atomic mass is 15.2. The zero-order valence-corrected chi connectivity index (χ0v) is 7.25. The van der Waals surface area contributed by atoms with Crippen LogP contribution in [0.15, 0.2) is 12.3 Å². The van der Waals surface area contributed by atoms with Gasteiger partial charge in [-0.3, -0.25) is 0 Å². The molecule has 0 spiro atoms. The fourth-order valence-electron chi connectivity index (χ4n) is 1.25. The lowest BCUT2D eigenvalue weighted by Crippen LogP contribution is -2.37. The summed E-state index contributed by atoms with van der Waals surface area (Å²) in [5.74, 6) is 1.02. The van der Waals surface area contributed by atoms with Crippen molar-refractivity contribution in [3.63, 3.8) is 0 Å². The van der Waals surface area contributed by atoms with Crippen molar-refractivity contribution >= 4 is 11.5 Å². The summed E-state index contributed by atoms with van der Waals surface area (Å²) in [6, 6.07) is 1.95. The van der Waals surface area contributed by atoms with E-state index in [2.05, 4.69) is 9.88 Å². The third-order valence-corrected chi connectivity index (χ3v) is 2.31. The van der Waals surface area contributed by atoms with E-state index in [0.29, 0.717) is 0 Å². The molecule has 3 heteroatoms. The first-order valence-electron chi connectivity index (χ1n) is 4.24. The summed E-state index contributed by atoms with van der Waals surface area (Å²) < 4.78 is 0. The number of nitrogen functional groups attached to an aromatic ring is 1. The van der Waals surface area contributed by atoms with Crippen molar-refractivity contribution in [2.24, 2.45) is 0 Å². The molecule has 1 aromatic rings. The molecule has 0 amide bonds. The summed E-state index contributed by atoms with van der Waals surface area (Å²) in [7, 11) is 0. The van der Waals surface area contributed by atoms with Crippen LogP contribution in [0.2, 0.25) is 0 Å². The van der Waals surface area contributed by atoms with Crippen LogP contribution in [0.5, 0.6) is 0 Å². The van der Waals surface area contributed by atoms with E-state index in [9.17, 15) is 0 Å². The number of aromatic nitrogens is 1. The maximum absolute atomic E-state index is 5.77. The molecule has 2 rings (SSSR count). The normalized spacial score (nSPS) is 15.9. The van der Waals surface area contributed by atoms with Crippen molar-refractivity contribution in [3.8, 4) is 0 Å². The predicted molar refractivity (Wildman–Crippen MR) is 50.2 cm³/mol. The summed E-state index contributed by atoms with van der Waals surface area (Å²) in [4.78, 5) is 6.54. The minimum absolute atomic E-state index is 0.840. The van der Waals surface area contributed by atoms with E-state index >= 15 is 0 Å². The topological polar surface area (TPSA) is 42.2 Å². The van der Waals surface area contributed by atoms with Crippen LogP contribution < -0.4 is 10.6 Å². The minimum Gasteiger partial charge on any atom is -0.398 e. The zero-order valence-electron chi connectivity index (χ0n) is 7.25. The number of nitrogens with zero attached hydrogens (tertiary/aromatic N) is 2. The third-order valence-electron chi connectivity index (χ3n) is 2.31. The monoisotopic (exact) mass is 163 g/mol. The van der Waals surface area contributed by atoms with E-state index in [0.717, 1.165) is 30.2 Å². The lowest BCUT2D eigenvalue weighted by Gasteiger charge is -2.32. The average Bonchev–Trinajstić information content (AvgIpc) is 1.93. The Morgan fingerprint density at radius 2 is 2.25 bits per heavy atom. The Labute approximate surface area is 72.2 Å². The Kier molecular flexibility index (Phi) is 1.64. The van der Waals surface area contributed by atoms with Gasteiger partial charge >= 0.3 is 0 Å². The maximum atomic E-state index is 5.77. The number of nitrogens with two attached hydrogens (primary N) is 1. The van der Waals surface area contributed by atoms with E-state index in [-0.39, 0.29) is 0 Å². The molecule has 0 radical (unpaired) electrons. The molecule has 0 aliphatic carbocycles. The lowest BCUT2D eigenvalue weighted by molar-refractivity contribution is 0.610. The van der Waals surface area contributed by atoms with Crippen LogP contribution in [0.25, 0.3) is 0 Å². The van der Waals surface area contributed by atoms with Crippen molar-refractivity contribution in [3.05, 3.63) is 17.8 Å². The van der Waals surface area contributed by atoms with Crippen LogP contribution in [0.4, 0.5) is 11.5 Å². The van der Waals surface area contributed by atoms with Crippen LogP contribution >= 0.6 is 0 Å². The largest absolute Gasteiger partial charge is 0.398 e. The fourth-order valence-corrected chi connectivity index (χ4v) is 1.25. The van der Waals surface area contributed by atoms with Crippen LogP contribution in [0.3, 0.4) is 0 Å². The van der Waals surface area contributed by atoms with Crippen molar-refractivity contribution in [2.75, 3.05) is 23.7 Å². The van der Waals surface area contributed by atoms with Crippen LogP contribution in [-0.4, -0.2) is 18.1 Å². The van der Waals surface area contributed by atoms with Gasteiger partial charge in [-0.1, -0.05) is 0 Å². The fraction of sp³-hybridized carbons (Fsp3) is 0.444. The summed E-state index contributed by atoms with van der Waals surface area (Å²) in [5, 5.41) is 0. The van der Waals surface area contributed by atoms with Crippen molar-refractivity contribution in [1.82, 2.24) is 4.98 Å². The van der Waals surface area contributed by atoms with Gasteiger partial charge in [-0.25, -0.2) is 4.98 Å². The first-order valence-corrected chi connectivity index (χ1v) is 4.24. The van der Waals surface area contributed by atoms with Gasteiger partial charge in [0, 0.05) is 31.0 Å². The Bertz CT molecular complexity index is 292. The van der Waals surface area contributed by atoms with Crippen LogP contribution in [-0.2, 0) is 0 Å². The second kappa shape index (κ2) is 2.66. The van der Waals surface area contributed by atoms with E-state index in [1.165, 1.54) is 6.42 Å². The zero-order chi connectivity index (χ0) is 8.55. The molecule has 2 N–H and O–H groups in total. The SMILES string of the molecule is Cc1cnc(N2CCC2)cc1N. The predicted octanol–water partition coefficient (Wildman–Crippen LogP) is 1.18. The summed E-state index contributed by atoms with van der Waals surface area (Å²) >= 11 is 0. The van der Waals surface area contributed by atoms with Crippen LogP contribution in [0.1, 0.15) is 12.0 Å². The Hall–Kier alpha value is -1.25. The highest BCUT2D eigenvalue weighted by Crippen LogP contribution is 2.21. The highest BCUT2D eigenvalue weighted by Gasteiger charge is 2.15. The molecule has 64 valence electrons. The Morgan fingerprint density at radius 3 is 2.75 bits per heavy atom. The molecule has 0 atom stereocenters. The highest BCUT2D eigenvalue weighted by molar-refractivity contribution is 5.55. The van der Waals surface area contributed by atoms with E-state index < -0.39 is 0 Å². The second-order valence-corrected chi connectivity index (χ2v) is 3.24. The number of anilines is 2. The smallest absolute Gasteiger partial charge is 0.130 e. The third kappa shape index (κ3) is 1.11. The number of rotatable bonds is 1. The molecule has 3 nitrogen and oxygen atoms in total. The van der Waals surface area contributed by atoms with Gasteiger partial charge in [-0.2, -0.15) is 0 Å². The molecule has 0 bridgehead atoms. The number of hydrogen-bond donors (Lipinski definition) is 1. The standard InChI is InChI=1S/C9H13N3/c1-7-6-11-9(5-8(7)10)12-3-2-4-12/h5-6H,2-4H2,1H3,(H2,10,11). The van der Waals surface area contributed by atoms with Crippen molar-refractivity contribution in [2.45, 2.75) is 13.3 Å². The Morgan fingerprint density at radius 1 is 1.50 bits per heavy atom. The molecule has 12 heavy (non-hydrogen) atoms. The molecule has 1 fully saturated rings. The van der Waals surface area contributed by atoms with Crippen LogP contribution in [0, 0.1) is 6.92 Å². The van der Waals surface area contributed by atoms with Gasteiger partial charge in [0.1, 0.15) is 5.82 Å². The lowest BCUT2D eigenvalue weighted by atomic mass is 10.2. The quantitative estimate of drug-likeness (QED) is 0.676. The molecule has 1 aliphatic rings. The van der Waals surface area contributed by atoms with Gasteiger partial charge in [0.25, 0.3) is 0 Å². The first kappa shape index (κ1) is 7.40. The van der Waals surface area contributed by atoms with Gasteiger partial charge in [0.05, 0.1) is 0 Å². The average molecular weight is 163 g/mol. The van der Waals surface area contributed by atoms with Gasteiger partial charge in [0.15, 0.2) is 0 Å². The number of aryl methyl sites for hydroxylation is 1. The molecular weight excluding hydrogens is 150 g/mol. The van der Waals surface area contributed by atoms with Gasteiger partial charge in [-0.05, 0) is 18.9 Å². The summed E-state index contributed by atoms with van der Waals surface area (Å²) in [6.45, 7) is 4.22. The maximum Gasteiger partial charge on any atom is 0.130 e. The molecule has 2 heterocycles. The van der Waals surface area contributed by atoms with E-state index in [1.54, 1.807) is 0 Å². The Balaban J connectivity index is 2.27. The molecule has 0 saturated carbocycles. The molecule has 1 aliphatic heterocycles. The molecule has 1 saturated heterocycles. The molecular formula is C9H13N3. The van der Waals surface area contributed by atoms with Crippen molar-refractivity contribution in [1.29, 1.82) is 0 Å². The van der Waals surface area contributed by atoms with Gasteiger partial charge in [0.2, 0.25) is 0 Å². The number of hydrogen-bond acceptors (Lipinski definition) is 3. The molecule has 0 unspecified atom stereocenters.